The number of nitriles is 1. The number of aromatic nitrogens is 3. The molecule has 2 fully saturated rings. The summed E-state index contributed by atoms with van der Waals surface area (Å²) in [6, 6.07) is 7.31. The van der Waals surface area contributed by atoms with Gasteiger partial charge in [0.2, 0.25) is 0 Å². The quantitative estimate of drug-likeness (QED) is 0.480. The molecular formula is C25H24FN7O. The Bertz CT molecular complexity index is 1370. The molecule has 3 aromatic rings. The lowest BCUT2D eigenvalue weighted by atomic mass is 9.72. The molecule has 1 aliphatic heterocycles. The van der Waals surface area contributed by atoms with E-state index in [1.54, 1.807) is 26.1 Å². The van der Waals surface area contributed by atoms with Gasteiger partial charge in [-0.2, -0.15) is 15.2 Å². The van der Waals surface area contributed by atoms with Crippen LogP contribution in [0.15, 0.2) is 24.4 Å². The largest absolute Gasteiger partial charge is 0.423 e. The van der Waals surface area contributed by atoms with E-state index in [4.69, 9.17) is 25.7 Å². The van der Waals surface area contributed by atoms with E-state index in [0.717, 1.165) is 53.4 Å². The van der Waals surface area contributed by atoms with Gasteiger partial charge in [0.15, 0.2) is 0 Å². The highest BCUT2D eigenvalue weighted by Crippen LogP contribution is 2.48. The van der Waals surface area contributed by atoms with Crippen LogP contribution in [-0.4, -0.2) is 41.1 Å². The third kappa shape index (κ3) is 3.17. The highest BCUT2D eigenvalue weighted by Gasteiger charge is 2.46. The SMILES string of the molecule is CNc1cc(F)cc2c1Cc1nc(Oc3cnc(C#N)c(C)c3)nc(N3CC4C[C@@H](N)C4C3)c1-2. The summed E-state index contributed by atoms with van der Waals surface area (Å²) in [6.45, 7) is 3.49. The molecule has 0 spiro atoms. The van der Waals surface area contributed by atoms with Crippen molar-refractivity contribution in [1.82, 2.24) is 15.0 Å². The number of pyridine rings is 1. The number of hydrogen-bond donors (Lipinski definition) is 2. The molecule has 0 radical (unpaired) electrons. The molecule has 172 valence electrons. The van der Waals surface area contributed by atoms with Crippen LogP contribution in [0, 0.1) is 35.9 Å². The van der Waals surface area contributed by atoms with Crippen molar-refractivity contribution in [3.05, 3.63) is 52.7 Å². The zero-order chi connectivity index (χ0) is 23.6. The van der Waals surface area contributed by atoms with Gasteiger partial charge in [-0.3, -0.25) is 0 Å². The van der Waals surface area contributed by atoms with Crippen LogP contribution in [-0.2, 0) is 6.42 Å². The maximum absolute atomic E-state index is 14.5. The van der Waals surface area contributed by atoms with Crippen LogP contribution in [0.3, 0.4) is 0 Å². The maximum atomic E-state index is 14.5. The van der Waals surface area contributed by atoms with Crippen LogP contribution in [0.5, 0.6) is 11.8 Å². The zero-order valence-electron chi connectivity index (χ0n) is 19.0. The lowest BCUT2D eigenvalue weighted by molar-refractivity contribution is 0.194. The van der Waals surface area contributed by atoms with Crippen molar-refractivity contribution in [3.63, 3.8) is 0 Å². The predicted molar refractivity (Wildman–Crippen MR) is 125 cm³/mol. The highest BCUT2D eigenvalue weighted by atomic mass is 19.1. The molecule has 1 saturated heterocycles. The Balaban J connectivity index is 1.45. The van der Waals surface area contributed by atoms with Crippen molar-refractivity contribution in [1.29, 1.82) is 5.26 Å². The Labute approximate surface area is 196 Å². The van der Waals surface area contributed by atoms with Crippen molar-refractivity contribution in [2.75, 3.05) is 30.4 Å². The standard InChI is InChI=1S/C25H24FN7O/c1-12-3-15(9-30-22(12)8-27)34-25-31-21-7-16-17(5-14(26)6-20(16)29-2)23(21)24(32-25)33-10-13-4-19(28)18(13)11-33/h3,5-6,9,13,18-19,29H,4,7,10-11,28H2,1-2H3/t13?,18?,19-/m1/s1. The third-order valence-electron chi connectivity index (χ3n) is 7.33. The first-order valence-electron chi connectivity index (χ1n) is 11.4. The number of anilines is 2. The fourth-order valence-corrected chi connectivity index (χ4v) is 5.55. The Kier molecular flexibility index (Phi) is 4.67. The number of nitrogens with zero attached hydrogens (tertiary/aromatic N) is 5. The first kappa shape index (κ1) is 20.8. The van der Waals surface area contributed by atoms with Gasteiger partial charge in [0.25, 0.3) is 0 Å². The number of hydrogen-bond acceptors (Lipinski definition) is 8. The van der Waals surface area contributed by atoms with Gasteiger partial charge in [0.1, 0.15) is 29.1 Å². The molecule has 6 rings (SSSR count). The Morgan fingerprint density at radius 2 is 2.12 bits per heavy atom. The molecule has 2 aliphatic carbocycles. The third-order valence-corrected chi connectivity index (χ3v) is 7.33. The van der Waals surface area contributed by atoms with E-state index in [2.05, 4.69) is 21.3 Å². The first-order chi connectivity index (χ1) is 16.4. The monoisotopic (exact) mass is 457 g/mol. The van der Waals surface area contributed by atoms with E-state index in [1.807, 2.05) is 0 Å². The average Bonchev–Trinajstić information content (AvgIpc) is 3.35. The molecule has 0 bridgehead atoms. The van der Waals surface area contributed by atoms with E-state index in [9.17, 15) is 4.39 Å². The van der Waals surface area contributed by atoms with Gasteiger partial charge < -0.3 is 20.7 Å². The molecule has 8 nitrogen and oxygen atoms in total. The minimum absolute atomic E-state index is 0.211. The fourth-order valence-electron chi connectivity index (χ4n) is 5.55. The van der Waals surface area contributed by atoms with Gasteiger partial charge in [0.05, 0.1) is 11.9 Å². The van der Waals surface area contributed by atoms with Gasteiger partial charge in [-0.25, -0.2) is 9.37 Å². The van der Waals surface area contributed by atoms with Crippen LogP contribution in [0.25, 0.3) is 11.1 Å². The van der Waals surface area contributed by atoms with Gasteiger partial charge >= 0.3 is 6.01 Å². The summed E-state index contributed by atoms with van der Waals surface area (Å²) in [6.07, 6.45) is 3.07. The highest BCUT2D eigenvalue weighted by molar-refractivity contribution is 5.88. The van der Waals surface area contributed by atoms with E-state index in [-0.39, 0.29) is 17.9 Å². The normalized spacial score (nSPS) is 21.9. The number of benzene rings is 1. The topological polar surface area (TPSA) is 113 Å². The summed E-state index contributed by atoms with van der Waals surface area (Å²) in [4.78, 5) is 15.9. The molecular weight excluding hydrogens is 433 g/mol. The van der Waals surface area contributed by atoms with Gasteiger partial charge in [0, 0.05) is 43.9 Å². The average molecular weight is 458 g/mol. The lowest BCUT2D eigenvalue weighted by Crippen LogP contribution is -2.46. The summed E-state index contributed by atoms with van der Waals surface area (Å²) < 4.78 is 20.5. The van der Waals surface area contributed by atoms with Gasteiger partial charge in [-0.05, 0) is 60.1 Å². The molecule has 2 unspecified atom stereocenters. The number of nitrogens with two attached hydrogens (primary N) is 1. The summed E-state index contributed by atoms with van der Waals surface area (Å²) in [5.41, 5.74) is 11.6. The molecule has 3 heterocycles. The minimum Gasteiger partial charge on any atom is -0.423 e. The Morgan fingerprint density at radius 1 is 1.26 bits per heavy atom. The van der Waals surface area contributed by atoms with Crippen LogP contribution < -0.4 is 20.7 Å². The molecule has 0 amide bonds. The predicted octanol–water partition coefficient (Wildman–Crippen LogP) is 3.38. The smallest absolute Gasteiger partial charge is 0.324 e. The van der Waals surface area contributed by atoms with Crippen LogP contribution >= 0.6 is 0 Å². The molecule has 3 N–H and O–H groups in total. The summed E-state index contributed by atoms with van der Waals surface area (Å²) in [5, 5.41) is 12.3. The zero-order valence-corrected chi connectivity index (χ0v) is 19.0. The Morgan fingerprint density at radius 3 is 2.82 bits per heavy atom. The van der Waals surface area contributed by atoms with Crippen LogP contribution in [0.4, 0.5) is 15.9 Å². The molecule has 3 atom stereocenters. The first-order valence-corrected chi connectivity index (χ1v) is 11.4. The number of nitrogens with one attached hydrogen (secondary N) is 1. The molecule has 1 saturated carbocycles. The van der Waals surface area contributed by atoms with Crippen molar-refractivity contribution in [3.8, 4) is 29.0 Å². The van der Waals surface area contributed by atoms with Crippen molar-refractivity contribution < 1.29 is 9.13 Å². The molecule has 9 heteroatoms. The second kappa shape index (κ2) is 7.64. The molecule has 3 aliphatic rings. The number of fused-ring (bicyclic) bond motifs is 4. The lowest BCUT2D eigenvalue weighted by Gasteiger charge is -2.36. The van der Waals surface area contributed by atoms with Crippen molar-refractivity contribution >= 4 is 11.5 Å². The van der Waals surface area contributed by atoms with E-state index in [1.165, 1.54) is 12.3 Å². The number of halogens is 1. The summed E-state index contributed by atoms with van der Waals surface area (Å²) in [7, 11) is 1.79. The summed E-state index contributed by atoms with van der Waals surface area (Å²) in [5.74, 6) is 1.91. The van der Waals surface area contributed by atoms with Crippen molar-refractivity contribution in [2.45, 2.75) is 25.8 Å². The van der Waals surface area contributed by atoms with Crippen molar-refractivity contribution in [2.24, 2.45) is 17.6 Å². The molecule has 2 aromatic heterocycles. The second-order valence-electron chi connectivity index (χ2n) is 9.34. The van der Waals surface area contributed by atoms with Gasteiger partial charge in [-0.15, -0.1) is 0 Å². The second-order valence-corrected chi connectivity index (χ2v) is 9.34. The van der Waals surface area contributed by atoms with E-state index < -0.39 is 0 Å². The molecule has 34 heavy (non-hydrogen) atoms. The van der Waals surface area contributed by atoms with Crippen LogP contribution in [0.2, 0.25) is 0 Å². The van der Waals surface area contributed by atoms with E-state index >= 15 is 0 Å². The maximum Gasteiger partial charge on any atom is 0.324 e. The van der Waals surface area contributed by atoms with Crippen LogP contribution in [0.1, 0.15) is 28.9 Å². The molecule has 1 aromatic carbocycles. The minimum atomic E-state index is -0.301. The number of ether oxygens (including phenoxy) is 1. The fraction of sp³-hybridized carbons (Fsp3) is 0.360. The van der Waals surface area contributed by atoms with Gasteiger partial charge in [-0.1, -0.05) is 0 Å². The van der Waals surface area contributed by atoms with E-state index in [0.29, 0.717) is 35.3 Å². The summed E-state index contributed by atoms with van der Waals surface area (Å²) >= 11 is 0. The number of rotatable bonds is 4. The Hall–Kier alpha value is -3.77. The number of aryl methyl sites for hydroxylation is 1.